The number of nitrogens with one attached hydrogen (secondary N) is 1. The molecule has 2 fully saturated rings. The van der Waals surface area contributed by atoms with Crippen LogP contribution in [-0.4, -0.2) is 14.1 Å². The molecule has 20 heavy (non-hydrogen) atoms. The summed E-state index contributed by atoms with van der Waals surface area (Å²) in [5.74, 6) is 1.28. The highest BCUT2D eigenvalue weighted by Crippen LogP contribution is 2.46. The predicted octanol–water partition coefficient (Wildman–Crippen LogP) is 2.84. The molecular formula is C15H20N2O2S. The molecule has 1 aromatic carbocycles. The molecule has 0 radical (unpaired) electrons. The van der Waals surface area contributed by atoms with Gasteiger partial charge in [0.25, 0.3) is 10.0 Å². The molecule has 0 unspecified atom stereocenters. The van der Waals surface area contributed by atoms with Gasteiger partial charge in [0.15, 0.2) is 0 Å². The molecule has 2 atom stereocenters. The fourth-order valence-corrected chi connectivity index (χ4v) is 3.74. The molecule has 2 aliphatic carbocycles. The first-order chi connectivity index (χ1) is 9.56. The van der Waals surface area contributed by atoms with Crippen LogP contribution in [0.15, 0.2) is 34.3 Å². The zero-order chi connectivity index (χ0) is 14.2. The molecule has 3 rings (SSSR count). The van der Waals surface area contributed by atoms with Gasteiger partial charge in [0.05, 0.1) is 4.90 Å². The molecule has 0 saturated heterocycles. The zero-order valence-electron chi connectivity index (χ0n) is 11.7. The Labute approximate surface area is 120 Å². The lowest BCUT2D eigenvalue weighted by Gasteiger charge is -2.07. The van der Waals surface area contributed by atoms with E-state index < -0.39 is 10.0 Å². The van der Waals surface area contributed by atoms with E-state index in [0.717, 1.165) is 30.0 Å². The summed E-state index contributed by atoms with van der Waals surface area (Å²) in [4.78, 5) is 2.68. The van der Waals surface area contributed by atoms with Crippen molar-refractivity contribution in [1.29, 1.82) is 0 Å². The summed E-state index contributed by atoms with van der Waals surface area (Å²) < 4.78 is 24.3. The van der Waals surface area contributed by atoms with Crippen molar-refractivity contribution in [3.8, 4) is 0 Å². The van der Waals surface area contributed by atoms with Crippen molar-refractivity contribution in [2.24, 2.45) is 16.9 Å². The molecule has 1 N–H and O–H groups in total. The summed E-state index contributed by atoms with van der Waals surface area (Å²) in [6, 6.07) is 6.82. The van der Waals surface area contributed by atoms with Gasteiger partial charge in [0.1, 0.15) is 0 Å². The van der Waals surface area contributed by atoms with Gasteiger partial charge in [-0.15, -0.1) is 0 Å². The van der Waals surface area contributed by atoms with Gasteiger partial charge in [-0.2, -0.15) is 13.5 Å². The van der Waals surface area contributed by atoms with Gasteiger partial charge in [-0.3, -0.25) is 0 Å². The second-order valence-electron chi connectivity index (χ2n) is 5.86. The fourth-order valence-electron chi connectivity index (χ4n) is 2.90. The highest BCUT2D eigenvalue weighted by atomic mass is 32.2. The van der Waals surface area contributed by atoms with Gasteiger partial charge in [0.2, 0.25) is 0 Å². The lowest BCUT2D eigenvalue weighted by Crippen LogP contribution is -2.21. The summed E-state index contributed by atoms with van der Waals surface area (Å²) in [5, 5.41) is 4.22. The van der Waals surface area contributed by atoms with Crippen LogP contribution in [0, 0.1) is 18.8 Å². The molecule has 0 amide bonds. The minimum atomic E-state index is -3.53. The van der Waals surface area contributed by atoms with Crippen molar-refractivity contribution in [2.75, 3.05) is 0 Å². The van der Waals surface area contributed by atoms with Crippen molar-refractivity contribution in [3.05, 3.63) is 29.8 Å². The maximum absolute atomic E-state index is 12.2. The van der Waals surface area contributed by atoms with Crippen molar-refractivity contribution in [3.63, 3.8) is 0 Å². The van der Waals surface area contributed by atoms with E-state index in [9.17, 15) is 8.42 Å². The van der Waals surface area contributed by atoms with Crippen LogP contribution in [-0.2, 0) is 10.0 Å². The highest BCUT2D eigenvalue weighted by molar-refractivity contribution is 7.89. The van der Waals surface area contributed by atoms with Crippen molar-refractivity contribution in [2.45, 2.75) is 43.9 Å². The first-order valence-corrected chi connectivity index (χ1v) is 8.69. The van der Waals surface area contributed by atoms with E-state index >= 15 is 0 Å². The standard InChI is InChI=1S/C15H20N2O2S/c1-11-6-8-13(9-7-11)20(18,19)17-16-15-5-3-2-4-12-10-14(12)15/h6-9,12,14,17H,2-5,10H2,1H3/b16-15+/t12-,14-/m1/s1. The van der Waals surface area contributed by atoms with Crippen LogP contribution in [0.5, 0.6) is 0 Å². The number of hydrogen-bond donors (Lipinski definition) is 1. The molecule has 0 bridgehead atoms. The molecule has 2 aliphatic rings. The van der Waals surface area contributed by atoms with Gasteiger partial charge in [0, 0.05) is 11.6 Å². The summed E-state index contributed by atoms with van der Waals surface area (Å²) in [6.07, 6.45) is 5.75. The van der Waals surface area contributed by atoms with E-state index in [0.29, 0.717) is 5.92 Å². The van der Waals surface area contributed by atoms with Crippen LogP contribution in [0.25, 0.3) is 0 Å². The lowest BCUT2D eigenvalue weighted by molar-refractivity contribution is 0.584. The number of rotatable bonds is 3. The molecular weight excluding hydrogens is 272 g/mol. The number of hydrogen-bond acceptors (Lipinski definition) is 3. The van der Waals surface area contributed by atoms with Crippen LogP contribution >= 0.6 is 0 Å². The van der Waals surface area contributed by atoms with Crippen LogP contribution in [0.1, 0.15) is 37.7 Å². The van der Waals surface area contributed by atoms with Crippen LogP contribution in [0.4, 0.5) is 0 Å². The minimum Gasteiger partial charge on any atom is -0.200 e. The number of sulfonamides is 1. The highest BCUT2D eigenvalue weighted by Gasteiger charge is 2.41. The molecule has 108 valence electrons. The number of benzene rings is 1. The van der Waals surface area contributed by atoms with E-state index in [4.69, 9.17) is 0 Å². The first kappa shape index (κ1) is 13.6. The number of nitrogens with zero attached hydrogens (tertiary/aromatic N) is 1. The van der Waals surface area contributed by atoms with Gasteiger partial charge >= 0.3 is 0 Å². The summed E-state index contributed by atoms with van der Waals surface area (Å²) >= 11 is 0. The monoisotopic (exact) mass is 292 g/mol. The zero-order valence-corrected chi connectivity index (χ0v) is 12.5. The molecule has 2 saturated carbocycles. The molecule has 0 spiro atoms. The van der Waals surface area contributed by atoms with E-state index in [-0.39, 0.29) is 4.90 Å². The average Bonchev–Trinajstić information content (AvgIpc) is 3.17. The number of aryl methyl sites for hydroxylation is 1. The largest absolute Gasteiger partial charge is 0.276 e. The maximum atomic E-state index is 12.2. The Morgan fingerprint density at radius 3 is 2.70 bits per heavy atom. The second kappa shape index (κ2) is 5.20. The molecule has 0 aromatic heterocycles. The average molecular weight is 292 g/mol. The van der Waals surface area contributed by atoms with Crippen LogP contribution in [0.2, 0.25) is 0 Å². The summed E-state index contributed by atoms with van der Waals surface area (Å²) in [6.45, 7) is 1.93. The van der Waals surface area contributed by atoms with E-state index in [1.165, 1.54) is 19.3 Å². The molecule has 0 aliphatic heterocycles. The summed E-state index contributed by atoms with van der Waals surface area (Å²) in [7, 11) is -3.53. The molecule has 0 heterocycles. The van der Waals surface area contributed by atoms with Gasteiger partial charge < -0.3 is 0 Å². The van der Waals surface area contributed by atoms with Crippen molar-refractivity contribution >= 4 is 15.7 Å². The van der Waals surface area contributed by atoms with Gasteiger partial charge in [-0.05, 0) is 50.7 Å². The SMILES string of the molecule is Cc1ccc(S(=O)(=O)N/N=C2\CCCC[C@@H]3C[C@@H]23)cc1. The summed E-state index contributed by atoms with van der Waals surface area (Å²) in [5.41, 5.74) is 2.09. The van der Waals surface area contributed by atoms with E-state index in [1.807, 2.05) is 6.92 Å². The Morgan fingerprint density at radius 2 is 1.95 bits per heavy atom. The molecule has 1 aromatic rings. The Hall–Kier alpha value is -1.36. The topological polar surface area (TPSA) is 58.5 Å². The van der Waals surface area contributed by atoms with Gasteiger partial charge in [-0.25, -0.2) is 4.83 Å². The Bertz CT molecular complexity index is 620. The maximum Gasteiger partial charge on any atom is 0.276 e. The van der Waals surface area contributed by atoms with E-state index in [1.54, 1.807) is 24.3 Å². The fraction of sp³-hybridized carbons (Fsp3) is 0.533. The second-order valence-corrected chi connectivity index (χ2v) is 7.52. The molecule has 4 nitrogen and oxygen atoms in total. The van der Waals surface area contributed by atoms with Gasteiger partial charge in [-0.1, -0.05) is 24.1 Å². The minimum absolute atomic E-state index is 0.272. The number of fused-ring (bicyclic) bond motifs is 1. The Balaban J connectivity index is 1.75. The quantitative estimate of drug-likeness (QED) is 0.871. The van der Waals surface area contributed by atoms with Crippen LogP contribution < -0.4 is 4.83 Å². The first-order valence-electron chi connectivity index (χ1n) is 7.21. The third kappa shape index (κ3) is 2.87. The Morgan fingerprint density at radius 1 is 1.20 bits per heavy atom. The van der Waals surface area contributed by atoms with Crippen molar-refractivity contribution in [1.82, 2.24) is 4.83 Å². The predicted molar refractivity (Wildman–Crippen MR) is 79.0 cm³/mol. The number of hydrazone groups is 1. The van der Waals surface area contributed by atoms with Crippen molar-refractivity contribution < 1.29 is 8.42 Å². The van der Waals surface area contributed by atoms with Crippen LogP contribution in [0.3, 0.4) is 0 Å². The third-order valence-corrected chi connectivity index (χ3v) is 5.47. The Kier molecular flexibility index (Phi) is 3.54. The smallest absolute Gasteiger partial charge is 0.200 e. The third-order valence-electron chi connectivity index (χ3n) is 4.25. The normalized spacial score (nSPS) is 27.8. The van der Waals surface area contributed by atoms with E-state index in [2.05, 4.69) is 9.93 Å². The lowest BCUT2D eigenvalue weighted by atomic mass is 10.1. The molecule has 5 heteroatoms.